The standard InChI is InChI=1S/C21H25Cl2N3O4/c1-12(2)10-25-21(28)14-6-5-13(7-15(14)22)24-11-20(27)26-17-8-16(23)18(29-3)9-19(17)30-4/h5-9,12,24H,10-11H2,1-4H3,(H,25,28)(H,26,27). The maximum atomic E-state index is 12.3. The molecule has 7 nitrogen and oxygen atoms in total. The lowest BCUT2D eigenvalue weighted by atomic mass is 10.1. The molecule has 0 aromatic heterocycles. The van der Waals surface area contributed by atoms with E-state index >= 15 is 0 Å². The van der Waals surface area contributed by atoms with Gasteiger partial charge in [0.2, 0.25) is 5.91 Å². The van der Waals surface area contributed by atoms with Crippen molar-refractivity contribution < 1.29 is 19.1 Å². The van der Waals surface area contributed by atoms with Crippen LogP contribution in [0, 0.1) is 5.92 Å². The minimum atomic E-state index is -0.315. The van der Waals surface area contributed by atoms with Crippen molar-refractivity contribution in [3.05, 3.63) is 45.9 Å². The first-order chi connectivity index (χ1) is 14.2. The predicted octanol–water partition coefficient (Wildman–Crippen LogP) is 4.45. The molecule has 2 aromatic carbocycles. The Morgan fingerprint density at radius 3 is 2.30 bits per heavy atom. The Labute approximate surface area is 186 Å². The van der Waals surface area contributed by atoms with E-state index in [0.717, 1.165) is 0 Å². The summed E-state index contributed by atoms with van der Waals surface area (Å²) in [5.41, 5.74) is 1.41. The molecule has 0 fully saturated rings. The monoisotopic (exact) mass is 453 g/mol. The van der Waals surface area contributed by atoms with Gasteiger partial charge in [0.15, 0.2) is 0 Å². The van der Waals surface area contributed by atoms with Crippen LogP contribution in [0.5, 0.6) is 11.5 Å². The number of nitrogens with one attached hydrogen (secondary N) is 3. The second-order valence-corrected chi connectivity index (χ2v) is 7.70. The fraction of sp³-hybridized carbons (Fsp3) is 0.333. The van der Waals surface area contributed by atoms with Gasteiger partial charge in [-0.1, -0.05) is 37.0 Å². The molecule has 0 atom stereocenters. The molecule has 9 heteroatoms. The van der Waals surface area contributed by atoms with Gasteiger partial charge in [-0.15, -0.1) is 0 Å². The van der Waals surface area contributed by atoms with E-state index in [1.165, 1.54) is 14.2 Å². The fourth-order valence-corrected chi connectivity index (χ4v) is 3.04. The molecule has 0 bridgehead atoms. The van der Waals surface area contributed by atoms with Crippen LogP contribution in [-0.4, -0.2) is 39.1 Å². The summed E-state index contributed by atoms with van der Waals surface area (Å²) in [5.74, 6) is 0.651. The van der Waals surface area contributed by atoms with Crippen molar-refractivity contribution in [2.75, 3.05) is 37.9 Å². The Morgan fingerprint density at radius 1 is 1.00 bits per heavy atom. The number of rotatable bonds is 9. The summed E-state index contributed by atoms with van der Waals surface area (Å²) in [4.78, 5) is 24.5. The van der Waals surface area contributed by atoms with E-state index < -0.39 is 0 Å². The van der Waals surface area contributed by atoms with Gasteiger partial charge < -0.3 is 25.4 Å². The third-order valence-corrected chi connectivity index (χ3v) is 4.69. The van der Waals surface area contributed by atoms with Crippen LogP contribution >= 0.6 is 23.2 Å². The molecule has 162 valence electrons. The van der Waals surface area contributed by atoms with Crippen molar-refractivity contribution in [1.29, 1.82) is 0 Å². The lowest BCUT2D eigenvalue weighted by molar-refractivity contribution is -0.114. The lowest BCUT2D eigenvalue weighted by Crippen LogP contribution is -2.27. The van der Waals surface area contributed by atoms with Crippen LogP contribution in [0.2, 0.25) is 10.0 Å². The molecule has 0 spiro atoms. The zero-order valence-corrected chi connectivity index (χ0v) is 18.8. The second kappa shape index (κ2) is 10.9. The van der Waals surface area contributed by atoms with Crippen molar-refractivity contribution in [3.8, 4) is 11.5 Å². The van der Waals surface area contributed by atoms with E-state index in [0.29, 0.717) is 50.9 Å². The smallest absolute Gasteiger partial charge is 0.252 e. The van der Waals surface area contributed by atoms with Gasteiger partial charge >= 0.3 is 0 Å². The van der Waals surface area contributed by atoms with Crippen molar-refractivity contribution in [2.45, 2.75) is 13.8 Å². The van der Waals surface area contributed by atoms with Crippen LogP contribution in [0.25, 0.3) is 0 Å². The number of hydrogen-bond donors (Lipinski definition) is 3. The van der Waals surface area contributed by atoms with Crippen LogP contribution in [-0.2, 0) is 4.79 Å². The van der Waals surface area contributed by atoms with Gasteiger partial charge in [0.05, 0.1) is 42.1 Å². The highest BCUT2D eigenvalue weighted by Gasteiger charge is 2.14. The molecule has 0 aliphatic heterocycles. The zero-order valence-electron chi connectivity index (χ0n) is 17.3. The average Bonchev–Trinajstić information content (AvgIpc) is 2.70. The lowest BCUT2D eigenvalue weighted by Gasteiger charge is -2.14. The summed E-state index contributed by atoms with van der Waals surface area (Å²) >= 11 is 12.3. The van der Waals surface area contributed by atoms with Crippen LogP contribution in [0.4, 0.5) is 11.4 Å². The minimum absolute atomic E-state index is 0.0258. The van der Waals surface area contributed by atoms with E-state index in [9.17, 15) is 9.59 Å². The Kier molecular flexibility index (Phi) is 8.62. The van der Waals surface area contributed by atoms with Gasteiger partial charge in [-0.3, -0.25) is 9.59 Å². The molecule has 0 aliphatic rings. The predicted molar refractivity (Wildman–Crippen MR) is 120 cm³/mol. The summed E-state index contributed by atoms with van der Waals surface area (Å²) < 4.78 is 10.4. The highest BCUT2D eigenvalue weighted by molar-refractivity contribution is 6.34. The largest absolute Gasteiger partial charge is 0.495 e. The number of hydrogen-bond acceptors (Lipinski definition) is 5. The molecule has 0 radical (unpaired) electrons. The van der Waals surface area contributed by atoms with Crippen molar-refractivity contribution in [2.24, 2.45) is 5.92 Å². The van der Waals surface area contributed by atoms with E-state index in [-0.39, 0.29) is 18.4 Å². The number of methoxy groups -OCH3 is 2. The molecule has 2 rings (SSSR count). The number of halogens is 2. The molecule has 3 N–H and O–H groups in total. The zero-order chi connectivity index (χ0) is 22.3. The minimum Gasteiger partial charge on any atom is -0.495 e. The number of ether oxygens (including phenoxy) is 2. The number of carbonyl (C=O) groups is 2. The fourth-order valence-electron chi connectivity index (χ4n) is 2.54. The van der Waals surface area contributed by atoms with Crippen LogP contribution in [0.15, 0.2) is 30.3 Å². The Bertz CT molecular complexity index is 919. The van der Waals surface area contributed by atoms with E-state index in [1.807, 2.05) is 13.8 Å². The Balaban J connectivity index is 1.99. The van der Waals surface area contributed by atoms with E-state index in [4.69, 9.17) is 32.7 Å². The highest BCUT2D eigenvalue weighted by Crippen LogP contribution is 2.35. The third kappa shape index (κ3) is 6.43. The maximum absolute atomic E-state index is 12.3. The normalized spacial score (nSPS) is 10.5. The summed E-state index contributed by atoms with van der Waals surface area (Å²) in [6.07, 6.45) is 0. The van der Waals surface area contributed by atoms with Gasteiger partial charge in [-0.05, 0) is 30.2 Å². The molecule has 0 heterocycles. The van der Waals surface area contributed by atoms with Gasteiger partial charge in [0.1, 0.15) is 11.5 Å². The highest BCUT2D eigenvalue weighted by atomic mass is 35.5. The Hall–Kier alpha value is -2.64. The van der Waals surface area contributed by atoms with Crippen LogP contribution in [0.1, 0.15) is 24.2 Å². The summed E-state index contributed by atoms with van der Waals surface area (Å²) in [6.45, 7) is 4.56. The van der Waals surface area contributed by atoms with Crippen molar-refractivity contribution in [1.82, 2.24) is 5.32 Å². The molecule has 30 heavy (non-hydrogen) atoms. The molecule has 2 aromatic rings. The van der Waals surface area contributed by atoms with Gasteiger partial charge in [-0.2, -0.15) is 0 Å². The van der Waals surface area contributed by atoms with Crippen LogP contribution in [0.3, 0.4) is 0 Å². The van der Waals surface area contributed by atoms with Gasteiger partial charge in [-0.25, -0.2) is 0 Å². The van der Waals surface area contributed by atoms with Crippen LogP contribution < -0.4 is 25.4 Å². The number of carbonyl (C=O) groups excluding carboxylic acids is 2. The summed E-state index contributed by atoms with van der Waals surface area (Å²) in [6, 6.07) is 8.05. The first kappa shape index (κ1) is 23.6. The first-order valence-electron chi connectivity index (χ1n) is 9.28. The van der Waals surface area contributed by atoms with E-state index in [2.05, 4.69) is 16.0 Å². The average molecular weight is 454 g/mol. The molecule has 0 saturated carbocycles. The summed E-state index contributed by atoms with van der Waals surface area (Å²) in [7, 11) is 2.98. The maximum Gasteiger partial charge on any atom is 0.252 e. The second-order valence-electron chi connectivity index (χ2n) is 6.89. The summed E-state index contributed by atoms with van der Waals surface area (Å²) in [5, 5.41) is 9.17. The quantitative estimate of drug-likeness (QED) is 0.521. The van der Waals surface area contributed by atoms with Gasteiger partial charge in [0, 0.05) is 18.3 Å². The Morgan fingerprint density at radius 2 is 1.70 bits per heavy atom. The number of amides is 2. The third-order valence-electron chi connectivity index (χ3n) is 4.09. The molecule has 0 saturated heterocycles. The SMILES string of the molecule is COc1cc(OC)c(NC(=O)CNc2ccc(C(=O)NCC(C)C)c(Cl)c2)cc1Cl. The molecular weight excluding hydrogens is 429 g/mol. The molecular formula is C21H25Cl2N3O4. The first-order valence-corrected chi connectivity index (χ1v) is 10.0. The number of anilines is 2. The van der Waals surface area contributed by atoms with E-state index in [1.54, 1.807) is 30.3 Å². The molecule has 0 aliphatic carbocycles. The van der Waals surface area contributed by atoms with Crippen molar-refractivity contribution in [3.63, 3.8) is 0 Å². The van der Waals surface area contributed by atoms with Gasteiger partial charge in [0.25, 0.3) is 5.91 Å². The number of benzene rings is 2. The van der Waals surface area contributed by atoms with Crippen molar-refractivity contribution >= 4 is 46.4 Å². The topological polar surface area (TPSA) is 88.7 Å². The molecule has 2 amide bonds. The molecule has 0 unspecified atom stereocenters.